The first-order valence-corrected chi connectivity index (χ1v) is 8.97. The van der Waals surface area contributed by atoms with Gasteiger partial charge in [0.25, 0.3) is 0 Å². The van der Waals surface area contributed by atoms with E-state index in [4.69, 9.17) is 5.73 Å². The molecule has 0 bridgehead atoms. The van der Waals surface area contributed by atoms with Crippen LogP contribution in [0.3, 0.4) is 0 Å². The second-order valence-electron chi connectivity index (χ2n) is 5.57. The van der Waals surface area contributed by atoms with Crippen molar-refractivity contribution in [1.29, 1.82) is 0 Å². The van der Waals surface area contributed by atoms with Crippen molar-refractivity contribution in [2.24, 2.45) is 5.73 Å². The summed E-state index contributed by atoms with van der Waals surface area (Å²) in [6, 6.07) is 4.89. The highest BCUT2D eigenvalue weighted by atomic mass is 32.2. The zero-order valence-corrected chi connectivity index (χ0v) is 12.9. The van der Waals surface area contributed by atoms with Crippen molar-refractivity contribution in [2.45, 2.75) is 48.0 Å². The Bertz CT molecular complexity index is 584. The minimum Gasteiger partial charge on any atom is -0.329 e. The fourth-order valence-corrected chi connectivity index (χ4v) is 4.51. The van der Waals surface area contributed by atoms with Crippen LogP contribution in [0.4, 0.5) is 0 Å². The first kappa shape index (κ1) is 12.9. The normalized spacial score (nSPS) is 20.2. The maximum absolute atomic E-state index is 5.96. The average Bonchev–Trinajstić information content (AvgIpc) is 3.39. The number of hydrogen-bond donors (Lipinski definition) is 1. The smallest absolute Gasteiger partial charge is 0.192 e. The van der Waals surface area contributed by atoms with E-state index >= 15 is 0 Å². The summed E-state index contributed by atoms with van der Waals surface area (Å²) in [7, 11) is 0. The summed E-state index contributed by atoms with van der Waals surface area (Å²) in [6.07, 6.45) is 5.11. The standard InChI is InChI=1S/C14H18N4S2/c15-8-12(11-2-1-7-19-11)20-14-17-16-13(9-3-4-9)18(14)10-5-6-10/h1-2,7,9-10,12H,3-6,8,15H2. The molecule has 2 N–H and O–H groups in total. The Morgan fingerprint density at radius 3 is 2.80 bits per heavy atom. The maximum Gasteiger partial charge on any atom is 0.192 e. The van der Waals surface area contributed by atoms with Crippen molar-refractivity contribution in [3.8, 4) is 0 Å². The highest BCUT2D eigenvalue weighted by molar-refractivity contribution is 7.99. The van der Waals surface area contributed by atoms with E-state index in [1.165, 1.54) is 36.4 Å². The van der Waals surface area contributed by atoms with Crippen molar-refractivity contribution in [1.82, 2.24) is 14.8 Å². The Labute approximate surface area is 126 Å². The van der Waals surface area contributed by atoms with Crippen molar-refractivity contribution in [2.75, 3.05) is 6.54 Å². The minimum atomic E-state index is 0.295. The van der Waals surface area contributed by atoms with Gasteiger partial charge in [-0.15, -0.1) is 21.5 Å². The number of aromatic nitrogens is 3. The molecular formula is C14H18N4S2. The third-order valence-electron chi connectivity index (χ3n) is 3.87. The fraction of sp³-hybridized carbons (Fsp3) is 0.571. The Balaban J connectivity index is 1.61. The number of hydrogen-bond acceptors (Lipinski definition) is 5. The molecule has 2 aromatic heterocycles. The van der Waals surface area contributed by atoms with Gasteiger partial charge in [-0.05, 0) is 37.1 Å². The SMILES string of the molecule is NCC(Sc1nnc(C2CC2)n1C1CC1)c1cccs1. The van der Waals surface area contributed by atoms with Gasteiger partial charge in [0.05, 0.1) is 5.25 Å². The van der Waals surface area contributed by atoms with Gasteiger partial charge in [0.1, 0.15) is 5.82 Å². The summed E-state index contributed by atoms with van der Waals surface area (Å²) in [5.74, 6) is 1.88. The molecule has 4 nitrogen and oxygen atoms in total. The maximum atomic E-state index is 5.96. The Morgan fingerprint density at radius 1 is 1.35 bits per heavy atom. The van der Waals surface area contributed by atoms with E-state index in [0.717, 1.165) is 5.16 Å². The zero-order chi connectivity index (χ0) is 13.5. The van der Waals surface area contributed by atoms with E-state index in [9.17, 15) is 0 Å². The monoisotopic (exact) mass is 306 g/mol. The Morgan fingerprint density at radius 2 is 2.20 bits per heavy atom. The minimum absolute atomic E-state index is 0.295. The number of nitrogens with zero attached hydrogens (tertiary/aromatic N) is 3. The summed E-state index contributed by atoms with van der Waals surface area (Å²) in [4.78, 5) is 1.33. The van der Waals surface area contributed by atoms with Gasteiger partial charge in [-0.2, -0.15) is 0 Å². The van der Waals surface area contributed by atoms with Gasteiger partial charge in [0.15, 0.2) is 5.16 Å². The lowest BCUT2D eigenvalue weighted by atomic mass is 10.3. The lowest BCUT2D eigenvalue weighted by molar-refractivity contribution is 0.625. The fourth-order valence-electron chi connectivity index (χ4n) is 2.49. The lowest BCUT2D eigenvalue weighted by Crippen LogP contribution is -2.10. The Kier molecular flexibility index (Phi) is 3.32. The molecule has 2 heterocycles. The van der Waals surface area contributed by atoms with Crippen molar-refractivity contribution in [3.63, 3.8) is 0 Å². The molecule has 2 aliphatic rings. The molecule has 1 unspecified atom stereocenters. The number of thioether (sulfide) groups is 1. The average molecular weight is 306 g/mol. The molecule has 2 aliphatic carbocycles. The van der Waals surface area contributed by atoms with Crippen LogP contribution < -0.4 is 5.73 Å². The third-order valence-corrected chi connectivity index (χ3v) is 6.22. The van der Waals surface area contributed by atoms with E-state index in [2.05, 4.69) is 32.3 Å². The van der Waals surface area contributed by atoms with Crippen LogP contribution in [-0.4, -0.2) is 21.3 Å². The van der Waals surface area contributed by atoms with Crippen LogP contribution >= 0.6 is 23.1 Å². The van der Waals surface area contributed by atoms with E-state index in [1.54, 1.807) is 23.1 Å². The summed E-state index contributed by atoms with van der Waals surface area (Å²) < 4.78 is 2.40. The highest BCUT2D eigenvalue weighted by Gasteiger charge is 2.36. The first-order chi connectivity index (χ1) is 9.86. The quantitative estimate of drug-likeness (QED) is 0.832. The predicted octanol–water partition coefficient (Wildman–Crippen LogP) is 3.34. The second-order valence-corrected chi connectivity index (χ2v) is 7.72. The number of thiophene rings is 1. The molecule has 0 spiro atoms. The topological polar surface area (TPSA) is 56.7 Å². The van der Waals surface area contributed by atoms with Gasteiger partial charge in [0, 0.05) is 23.4 Å². The molecular weight excluding hydrogens is 288 g/mol. The summed E-state index contributed by atoms with van der Waals surface area (Å²) in [5, 5.41) is 12.4. The summed E-state index contributed by atoms with van der Waals surface area (Å²) in [6.45, 7) is 0.640. The second kappa shape index (κ2) is 5.16. The Hall–Kier alpha value is -0.850. The van der Waals surface area contributed by atoms with E-state index in [0.29, 0.717) is 23.8 Å². The van der Waals surface area contributed by atoms with Gasteiger partial charge in [0.2, 0.25) is 0 Å². The van der Waals surface area contributed by atoms with Crippen molar-refractivity contribution in [3.05, 3.63) is 28.2 Å². The third kappa shape index (κ3) is 2.40. The van der Waals surface area contributed by atoms with Gasteiger partial charge in [-0.1, -0.05) is 17.8 Å². The molecule has 106 valence electrons. The molecule has 20 heavy (non-hydrogen) atoms. The number of rotatable bonds is 6. The molecule has 6 heteroatoms. The van der Waals surface area contributed by atoms with Crippen LogP contribution in [0.15, 0.2) is 22.7 Å². The highest BCUT2D eigenvalue weighted by Crippen LogP contribution is 2.47. The van der Waals surface area contributed by atoms with Gasteiger partial charge < -0.3 is 10.3 Å². The lowest BCUT2D eigenvalue weighted by Gasteiger charge is -2.13. The van der Waals surface area contributed by atoms with Gasteiger partial charge in [-0.3, -0.25) is 0 Å². The van der Waals surface area contributed by atoms with E-state index in [-0.39, 0.29) is 0 Å². The van der Waals surface area contributed by atoms with Crippen LogP contribution in [0.5, 0.6) is 0 Å². The number of nitrogens with two attached hydrogens (primary N) is 1. The molecule has 2 fully saturated rings. The summed E-state index contributed by atoms with van der Waals surface area (Å²) >= 11 is 3.55. The van der Waals surface area contributed by atoms with Crippen LogP contribution in [-0.2, 0) is 0 Å². The van der Waals surface area contributed by atoms with Gasteiger partial charge in [-0.25, -0.2) is 0 Å². The molecule has 2 aromatic rings. The molecule has 4 rings (SSSR count). The van der Waals surface area contributed by atoms with Crippen LogP contribution in [0.25, 0.3) is 0 Å². The zero-order valence-electron chi connectivity index (χ0n) is 11.2. The van der Waals surface area contributed by atoms with E-state index in [1.807, 2.05) is 0 Å². The van der Waals surface area contributed by atoms with Crippen LogP contribution in [0, 0.1) is 0 Å². The predicted molar refractivity (Wildman–Crippen MR) is 82.2 cm³/mol. The van der Waals surface area contributed by atoms with Crippen molar-refractivity contribution < 1.29 is 0 Å². The van der Waals surface area contributed by atoms with Crippen LogP contribution in [0.1, 0.15) is 53.6 Å². The molecule has 2 saturated carbocycles. The molecule has 0 aliphatic heterocycles. The summed E-state index contributed by atoms with van der Waals surface area (Å²) in [5.41, 5.74) is 5.96. The first-order valence-electron chi connectivity index (χ1n) is 7.21. The largest absolute Gasteiger partial charge is 0.329 e. The molecule has 0 amide bonds. The molecule has 0 aromatic carbocycles. The molecule has 0 radical (unpaired) electrons. The van der Waals surface area contributed by atoms with Crippen molar-refractivity contribution >= 4 is 23.1 Å². The van der Waals surface area contributed by atoms with E-state index < -0.39 is 0 Å². The molecule has 1 atom stereocenters. The van der Waals surface area contributed by atoms with Gasteiger partial charge >= 0.3 is 0 Å². The van der Waals surface area contributed by atoms with Crippen LogP contribution in [0.2, 0.25) is 0 Å². The molecule has 0 saturated heterocycles.